The van der Waals surface area contributed by atoms with E-state index in [-0.39, 0.29) is 0 Å². The van der Waals surface area contributed by atoms with Gasteiger partial charge in [0.05, 0.1) is 0 Å². The highest BCUT2D eigenvalue weighted by atomic mass is 14.8. The molecule has 1 aliphatic carbocycles. The molecule has 0 radical (unpaired) electrons. The lowest BCUT2D eigenvalue weighted by molar-refractivity contribution is 0.0756. The lowest BCUT2D eigenvalue weighted by Gasteiger charge is -2.43. The number of hydrogen-bond donors (Lipinski definition) is 1. The van der Waals surface area contributed by atoms with E-state index in [1.54, 1.807) is 0 Å². The summed E-state index contributed by atoms with van der Waals surface area (Å²) in [6, 6.07) is 0. The fraction of sp³-hybridized carbons (Fsp3) is 1.00. The third-order valence-electron chi connectivity index (χ3n) is 4.62. The molecule has 1 nitrogen and oxygen atoms in total. The maximum absolute atomic E-state index is 3.34. The minimum Gasteiger partial charge on any atom is -0.319 e. The van der Waals surface area contributed by atoms with E-state index in [2.05, 4.69) is 26.2 Å². The average Bonchev–Trinajstić information content (AvgIpc) is 2.32. The summed E-state index contributed by atoms with van der Waals surface area (Å²) in [6.07, 6.45) is 13.1. The Hall–Kier alpha value is -0.0400. The minimum absolute atomic E-state index is 0.982. The molecule has 0 aromatic rings. The van der Waals surface area contributed by atoms with E-state index in [9.17, 15) is 0 Å². The molecule has 102 valence electrons. The fourth-order valence-corrected chi connectivity index (χ4v) is 3.45. The van der Waals surface area contributed by atoms with Crippen LogP contribution < -0.4 is 5.32 Å². The van der Waals surface area contributed by atoms with Gasteiger partial charge in [-0.1, -0.05) is 58.8 Å². The first-order chi connectivity index (χ1) is 8.29. The molecule has 3 atom stereocenters. The van der Waals surface area contributed by atoms with Crippen LogP contribution in [-0.2, 0) is 0 Å². The lowest BCUT2D eigenvalue weighted by Crippen LogP contribution is -2.40. The number of rotatable bonds is 10. The third kappa shape index (κ3) is 5.42. The summed E-state index contributed by atoms with van der Waals surface area (Å²) < 4.78 is 0. The van der Waals surface area contributed by atoms with Gasteiger partial charge in [0.2, 0.25) is 0 Å². The predicted octanol–water partition coefficient (Wildman–Crippen LogP) is 4.62. The first-order valence-corrected chi connectivity index (χ1v) is 7.94. The van der Waals surface area contributed by atoms with Gasteiger partial charge in [-0.3, -0.25) is 0 Å². The van der Waals surface area contributed by atoms with Gasteiger partial charge in [0.25, 0.3) is 0 Å². The Kier molecular flexibility index (Phi) is 7.92. The summed E-state index contributed by atoms with van der Waals surface area (Å²) in [5.74, 6) is 3.00. The molecule has 0 bridgehead atoms. The second-order valence-electron chi connectivity index (χ2n) is 6.10. The van der Waals surface area contributed by atoms with Gasteiger partial charge in [0.1, 0.15) is 0 Å². The lowest BCUT2D eigenvalue weighted by atomic mass is 9.63. The molecule has 0 saturated heterocycles. The van der Waals surface area contributed by atoms with Gasteiger partial charge < -0.3 is 5.32 Å². The van der Waals surface area contributed by atoms with E-state index in [1.807, 2.05) is 0 Å². The summed E-state index contributed by atoms with van der Waals surface area (Å²) >= 11 is 0. The quantitative estimate of drug-likeness (QED) is 0.549. The zero-order chi connectivity index (χ0) is 12.5. The zero-order valence-corrected chi connectivity index (χ0v) is 12.3. The third-order valence-corrected chi connectivity index (χ3v) is 4.62. The Morgan fingerprint density at radius 2 is 1.65 bits per heavy atom. The second-order valence-corrected chi connectivity index (χ2v) is 6.10. The highest BCUT2D eigenvalue weighted by Crippen LogP contribution is 2.42. The molecule has 0 spiro atoms. The number of nitrogens with one attached hydrogen (secondary N) is 1. The molecule has 1 heteroatoms. The molecule has 1 aliphatic rings. The maximum atomic E-state index is 3.34. The minimum atomic E-state index is 0.982. The summed E-state index contributed by atoms with van der Waals surface area (Å²) in [7, 11) is 2.09. The monoisotopic (exact) mass is 239 g/mol. The average molecular weight is 239 g/mol. The molecule has 0 heterocycles. The highest BCUT2D eigenvalue weighted by Gasteiger charge is 2.36. The van der Waals surface area contributed by atoms with Gasteiger partial charge in [-0.25, -0.2) is 0 Å². The van der Waals surface area contributed by atoms with Crippen LogP contribution >= 0.6 is 0 Å². The normalized spacial score (nSPS) is 28.1. The molecule has 0 aromatic carbocycles. The van der Waals surface area contributed by atoms with Gasteiger partial charge in [-0.2, -0.15) is 0 Å². The standard InChI is InChI=1S/C16H33N/c1-4-5-6-7-8-9-10-11-16-14(2)12-15(16)13-17-3/h14-17H,4-13H2,1-3H3. The van der Waals surface area contributed by atoms with Crippen molar-refractivity contribution in [3.63, 3.8) is 0 Å². The molecule has 1 rings (SSSR count). The molecular weight excluding hydrogens is 206 g/mol. The van der Waals surface area contributed by atoms with Crippen molar-refractivity contribution in [2.45, 2.75) is 71.6 Å². The Balaban J connectivity index is 1.94. The fourth-order valence-electron chi connectivity index (χ4n) is 3.45. The first kappa shape index (κ1) is 15.0. The van der Waals surface area contributed by atoms with Crippen LogP contribution in [0.5, 0.6) is 0 Å². The van der Waals surface area contributed by atoms with E-state index >= 15 is 0 Å². The van der Waals surface area contributed by atoms with Crippen LogP contribution in [0.3, 0.4) is 0 Å². The first-order valence-electron chi connectivity index (χ1n) is 7.94. The molecule has 1 fully saturated rings. The number of unbranched alkanes of at least 4 members (excludes halogenated alkanes) is 6. The van der Waals surface area contributed by atoms with Crippen molar-refractivity contribution in [3.8, 4) is 0 Å². The highest BCUT2D eigenvalue weighted by molar-refractivity contribution is 4.87. The van der Waals surface area contributed by atoms with Gasteiger partial charge >= 0.3 is 0 Å². The summed E-state index contributed by atoms with van der Waals surface area (Å²) in [4.78, 5) is 0. The molecule has 3 unspecified atom stereocenters. The summed E-state index contributed by atoms with van der Waals surface area (Å²) in [5.41, 5.74) is 0. The molecular formula is C16H33N. The Morgan fingerprint density at radius 1 is 1.00 bits per heavy atom. The maximum Gasteiger partial charge on any atom is -0.00207 e. The largest absolute Gasteiger partial charge is 0.319 e. The van der Waals surface area contributed by atoms with Crippen molar-refractivity contribution >= 4 is 0 Å². The van der Waals surface area contributed by atoms with Crippen molar-refractivity contribution in [2.24, 2.45) is 17.8 Å². The van der Waals surface area contributed by atoms with Crippen molar-refractivity contribution < 1.29 is 0 Å². The second kappa shape index (κ2) is 8.97. The van der Waals surface area contributed by atoms with Crippen LogP contribution in [0.1, 0.15) is 71.6 Å². The van der Waals surface area contributed by atoms with E-state index < -0.39 is 0 Å². The van der Waals surface area contributed by atoms with Gasteiger partial charge in [-0.15, -0.1) is 0 Å². The van der Waals surface area contributed by atoms with Crippen LogP contribution in [0, 0.1) is 17.8 Å². The van der Waals surface area contributed by atoms with Crippen LogP contribution in [0.15, 0.2) is 0 Å². The number of hydrogen-bond acceptors (Lipinski definition) is 1. The smallest absolute Gasteiger partial charge is 0.00207 e. The van der Waals surface area contributed by atoms with Crippen LogP contribution in [-0.4, -0.2) is 13.6 Å². The SMILES string of the molecule is CCCCCCCCCC1C(C)CC1CNC. The van der Waals surface area contributed by atoms with E-state index in [1.165, 1.54) is 64.3 Å². The van der Waals surface area contributed by atoms with Gasteiger partial charge in [-0.05, 0) is 44.2 Å². The van der Waals surface area contributed by atoms with Gasteiger partial charge in [0.15, 0.2) is 0 Å². The molecule has 17 heavy (non-hydrogen) atoms. The van der Waals surface area contributed by atoms with Crippen LogP contribution in [0.4, 0.5) is 0 Å². The Labute approximate surface area is 109 Å². The van der Waals surface area contributed by atoms with Crippen LogP contribution in [0.2, 0.25) is 0 Å². The topological polar surface area (TPSA) is 12.0 Å². The molecule has 0 amide bonds. The van der Waals surface area contributed by atoms with E-state index in [0.29, 0.717) is 0 Å². The van der Waals surface area contributed by atoms with Crippen molar-refractivity contribution in [2.75, 3.05) is 13.6 Å². The summed E-state index contributed by atoms with van der Waals surface area (Å²) in [5, 5.41) is 3.34. The van der Waals surface area contributed by atoms with E-state index in [4.69, 9.17) is 0 Å². The van der Waals surface area contributed by atoms with Crippen molar-refractivity contribution in [1.82, 2.24) is 5.32 Å². The zero-order valence-electron chi connectivity index (χ0n) is 12.3. The molecule has 0 aromatic heterocycles. The predicted molar refractivity (Wildman–Crippen MR) is 77.3 cm³/mol. The Morgan fingerprint density at radius 3 is 2.24 bits per heavy atom. The van der Waals surface area contributed by atoms with Gasteiger partial charge in [0, 0.05) is 0 Å². The van der Waals surface area contributed by atoms with Crippen molar-refractivity contribution in [1.29, 1.82) is 0 Å². The molecule has 1 saturated carbocycles. The summed E-state index contributed by atoms with van der Waals surface area (Å²) in [6.45, 7) is 5.98. The van der Waals surface area contributed by atoms with Crippen molar-refractivity contribution in [3.05, 3.63) is 0 Å². The van der Waals surface area contributed by atoms with Crippen LogP contribution in [0.25, 0.3) is 0 Å². The Bertz CT molecular complexity index is 176. The molecule has 1 N–H and O–H groups in total. The molecule has 0 aliphatic heterocycles. The van der Waals surface area contributed by atoms with E-state index in [0.717, 1.165) is 17.8 Å².